The van der Waals surface area contributed by atoms with Crippen LogP contribution in [0.4, 0.5) is 0 Å². The number of carbonyl (C=O) groups excluding carboxylic acids is 2. The molecular formula is C23H27N5O3. The summed E-state index contributed by atoms with van der Waals surface area (Å²) in [6.45, 7) is 3.36. The quantitative estimate of drug-likeness (QED) is 0.736. The van der Waals surface area contributed by atoms with E-state index in [1.165, 1.54) is 11.0 Å². The number of pyridine rings is 1. The van der Waals surface area contributed by atoms with Gasteiger partial charge in [0.2, 0.25) is 0 Å². The highest BCUT2D eigenvalue weighted by atomic mass is 16.2. The Morgan fingerprint density at radius 1 is 1.13 bits per heavy atom. The molecule has 2 fully saturated rings. The van der Waals surface area contributed by atoms with Crippen molar-refractivity contribution in [3.05, 3.63) is 57.0 Å². The summed E-state index contributed by atoms with van der Waals surface area (Å²) in [6.07, 6.45) is 9.76. The number of carbonyl (C=O) groups is 2. The lowest BCUT2D eigenvalue weighted by atomic mass is 9.90. The number of rotatable bonds is 2. The van der Waals surface area contributed by atoms with Crippen molar-refractivity contribution in [2.75, 3.05) is 13.1 Å². The van der Waals surface area contributed by atoms with Crippen LogP contribution >= 0.6 is 0 Å². The normalized spacial score (nSPS) is 22.4. The predicted molar refractivity (Wildman–Crippen MR) is 114 cm³/mol. The first kappa shape index (κ1) is 19.9. The summed E-state index contributed by atoms with van der Waals surface area (Å²) in [7, 11) is 1.68. The number of likely N-dealkylation sites (tertiary alicyclic amines) is 1. The highest BCUT2D eigenvalue weighted by Crippen LogP contribution is 2.36. The van der Waals surface area contributed by atoms with Crippen molar-refractivity contribution < 1.29 is 9.59 Å². The monoisotopic (exact) mass is 421 g/mol. The molecule has 3 aliphatic rings. The molecule has 2 aromatic rings. The van der Waals surface area contributed by atoms with Gasteiger partial charge in [-0.25, -0.2) is 9.97 Å². The Bertz CT molecular complexity index is 1110. The van der Waals surface area contributed by atoms with Crippen LogP contribution in [0.2, 0.25) is 0 Å². The SMILES string of the molecule is Cc1ncc(C(=O)N2CCc3c(cn(C)c(=O)c3C(=O)N3C[C@@H]4CCC[C@H]3C4)C2)cn1. The average Bonchev–Trinajstić information content (AvgIpc) is 3.07. The second kappa shape index (κ2) is 7.59. The standard InChI is InChI=1S/C23H27N5O3/c1-14-24-9-16(10-25-14)21(29)27-7-6-19-17(13-27)12-26(2)22(30)20(19)23(31)28-11-15-4-3-5-18(28)8-15/h9-10,12,15,18H,3-8,11,13H2,1-2H3/t15-,18+/m1/s1. The zero-order chi connectivity index (χ0) is 21.7. The molecule has 1 saturated heterocycles. The van der Waals surface area contributed by atoms with E-state index < -0.39 is 0 Å². The maximum Gasteiger partial charge on any atom is 0.263 e. The Kier molecular flexibility index (Phi) is 4.87. The van der Waals surface area contributed by atoms with E-state index in [4.69, 9.17) is 0 Å². The van der Waals surface area contributed by atoms with Gasteiger partial charge in [0, 0.05) is 51.3 Å². The molecule has 0 aromatic carbocycles. The second-order valence-electron chi connectivity index (χ2n) is 9.06. The van der Waals surface area contributed by atoms with Crippen molar-refractivity contribution in [1.29, 1.82) is 0 Å². The van der Waals surface area contributed by atoms with Gasteiger partial charge in [-0.15, -0.1) is 0 Å². The van der Waals surface area contributed by atoms with Gasteiger partial charge in [0.05, 0.1) is 5.56 Å². The first-order chi connectivity index (χ1) is 14.9. The number of fused-ring (bicyclic) bond motifs is 3. The molecule has 162 valence electrons. The summed E-state index contributed by atoms with van der Waals surface area (Å²) < 4.78 is 1.48. The van der Waals surface area contributed by atoms with Crippen LogP contribution in [0.15, 0.2) is 23.4 Å². The zero-order valence-corrected chi connectivity index (χ0v) is 18.0. The predicted octanol–water partition coefficient (Wildman–Crippen LogP) is 1.70. The zero-order valence-electron chi connectivity index (χ0n) is 18.0. The van der Waals surface area contributed by atoms with Crippen LogP contribution in [0.25, 0.3) is 0 Å². The first-order valence-corrected chi connectivity index (χ1v) is 11.0. The third-order valence-electron chi connectivity index (χ3n) is 7.01. The smallest absolute Gasteiger partial charge is 0.263 e. The Morgan fingerprint density at radius 3 is 2.65 bits per heavy atom. The first-order valence-electron chi connectivity index (χ1n) is 11.0. The number of aryl methyl sites for hydroxylation is 2. The summed E-state index contributed by atoms with van der Waals surface area (Å²) in [5.41, 5.74) is 2.17. The Balaban J connectivity index is 1.45. The fraction of sp³-hybridized carbons (Fsp3) is 0.522. The molecular weight excluding hydrogens is 394 g/mol. The minimum Gasteiger partial charge on any atom is -0.335 e. The Labute approximate surface area is 180 Å². The van der Waals surface area contributed by atoms with Crippen molar-refractivity contribution in [3.8, 4) is 0 Å². The van der Waals surface area contributed by atoms with Crippen LogP contribution in [0.5, 0.6) is 0 Å². The lowest BCUT2D eigenvalue weighted by molar-refractivity contribution is 0.0722. The molecule has 0 N–H and O–H groups in total. The third kappa shape index (κ3) is 3.43. The Morgan fingerprint density at radius 2 is 1.90 bits per heavy atom. The summed E-state index contributed by atoms with van der Waals surface area (Å²) in [6, 6.07) is 0.259. The molecule has 8 nitrogen and oxygen atoms in total. The summed E-state index contributed by atoms with van der Waals surface area (Å²) >= 11 is 0. The van der Waals surface area contributed by atoms with Gasteiger partial charge in [-0.05, 0) is 49.7 Å². The molecule has 0 radical (unpaired) electrons. The van der Waals surface area contributed by atoms with Crippen molar-refractivity contribution in [1.82, 2.24) is 24.3 Å². The van der Waals surface area contributed by atoms with Crippen molar-refractivity contribution in [2.24, 2.45) is 13.0 Å². The van der Waals surface area contributed by atoms with E-state index in [1.807, 2.05) is 4.90 Å². The van der Waals surface area contributed by atoms with Gasteiger partial charge < -0.3 is 14.4 Å². The topological polar surface area (TPSA) is 88.4 Å². The molecule has 1 aliphatic carbocycles. The van der Waals surface area contributed by atoms with E-state index in [-0.39, 0.29) is 23.4 Å². The summed E-state index contributed by atoms with van der Waals surface area (Å²) in [5, 5.41) is 0. The molecule has 2 bridgehead atoms. The summed E-state index contributed by atoms with van der Waals surface area (Å²) in [4.78, 5) is 51.4. The van der Waals surface area contributed by atoms with E-state index in [9.17, 15) is 14.4 Å². The molecule has 31 heavy (non-hydrogen) atoms. The Hall–Kier alpha value is -3.03. The molecule has 0 unspecified atom stereocenters. The van der Waals surface area contributed by atoms with Crippen LogP contribution in [0.3, 0.4) is 0 Å². The largest absolute Gasteiger partial charge is 0.335 e. The van der Waals surface area contributed by atoms with E-state index in [2.05, 4.69) is 9.97 Å². The second-order valence-corrected chi connectivity index (χ2v) is 9.06. The number of amides is 2. The molecule has 5 rings (SSSR count). The molecule has 4 heterocycles. The molecule has 8 heteroatoms. The summed E-state index contributed by atoms with van der Waals surface area (Å²) in [5.74, 6) is 0.917. The minimum absolute atomic E-state index is 0.126. The van der Waals surface area contributed by atoms with Crippen molar-refractivity contribution in [2.45, 2.75) is 51.6 Å². The van der Waals surface area contributed by atoms with E-state index in [0.29, 0.717) is 42.4 Å². The maximum absolute atomic E-state index is 13.5. The van der Waals surface area contributed by atoms with Gasteiger partial charge in [0.15, 0.2) is 0 Å². The highest BCUT2D eigenvalue weighted by Gasteiger charge is 2.40. The fourth-order valence-electron chi connectivity index (χ4n) is 5.40. The van der Waals surface area contributed by atoms with Crippen LogP contribution in [-0.4, -0.2) is 55.3 Å². The van der Waals surface area contributed by atoms with E-state index >= 15 is 0 Å². The van der Waals surface area contributed by atoms with Gasteiger partial charge in [-0.1, -0.05) is 6.42 Å². The third-order valence-corrected chi connectivity index (χ3v) is 7.01. The number of aromatic nitrogens is 3. The van der Waals surface area contributed by atoms with Gasteiger partial charge in [-0.2, -0.15) is 0 Å². The lowest BCUT2D eigenvalue weighted by Gasteiger charge is -2.31. The molecule has 2 atom stereocenters. The van der Waals surface area contributed by atoms with Gasteiger partial charge in [0.25, 0.3) is 17.4 Å². The molecule has 0 spiro atoms. The fourth-order valence-corrected chi connectivity index (χ4v) is 5.40. The van der Waals surface area contributed by atoms with Gasteiger partial charge >= 0.3 is 0 Å². The van der Waals surface area contributed by atoms with Gasteiger partial charge in [0.1, 0.15) is 11.4 Å². The van der Waals surface area contributed by atoms with Gasteiger partial charge in [-0.3, -0.25) is 14.4 Å². The van der Waals surface area contributed by atoms with Crippen molar-refractivity contribution >= 4 is 11.8 Å². The number of hydrogen-bond acceptors (Lipinski definition) is 5. The van der Waals surface area contributed by atoms with Crippen LogP contribution in [0, 0.1) is 12.8 Å². The van der Waals surface area contributed by atoms with Crippen LogP contribution in [-0.2, 0) is 20.0 Å². The van der Waals surface area contributed by atoms with E-state index in [0.717, 1.165) is 36.9 Å². The molecule has 1 saturated carbocycles. The van der Waals surface area contributed by atoms with Crippen LogP contribution < -0.4 is 5.56 Å². The van der Waals surface area contributed by atoms with Crippen LogP contribution in [0.1, 0.15) is 63.4 Å². The molecule has 2 aliphatic heterocycles. The van der Waals surface area contributed by atoms with Crippen molar-refractivity contribution in [3.63, 3.8) is 0 Å². The van der Waals surface area contributed by atoms with E-state index in [1.54, 1.807) is 37.5 Å². The molecule has 2 amide bonds. The molecule has 2 aromatic heterocycles. The number of nitrogens with zero attached hydrogens (tertiary/aromatic N) is 5. The average molecular weight is 422 g/mol. The number of hydrogen-bond donors (Lipinski definition) is 0. The highest BCUT2D eigenvalue weighted by molar-refractivity contribution is 5.97. The minimum atomic E-state index is -0.239. The lowest BCUT2D eigenvalue weighted by Crippen LogP contribution is -2.43. The maximum atomic E-state index is 13.5.